The molecule has 0 aliphatic carbocycles. The molecule has 0 saturated heterocycles. The van der Waals surface area contributed by atoms with Crippen LogP contribution < -0.4 is 10.7 Å². The van der Waals surface area contributed by atoms with Crippen LogP contribution in [0.3, 0.4) is 0 Å². The Labute approximate surface area is 152 Å². The van der Waals surface area contributed by atoms with Crippen LogP contribution in [-0.4, -0.2) is 18.2 Å². The van der Waals surface area contributed by atoms with Crippen LogP contribution in [0.1, 0.15) is 27.0 Å². The van der Waals surface area contributed by atoms with E-state index in [-0.39, 0.29) is 5.91 Å². The van der Waals surface area contributed by atoms with Crippen LogP contribution >= 0.6 is 0 Å². The molecule has 0 saturated carbocycles. The molecule has 4 nitrogen and oxygen atoms in total. The molecule has 0 spiro atoms. The zero-order valence-electron chi connectivity index (χ0n) is 14.3. The van der Waals surface area contributed by atoms with Gasteiger partial charge in [0.2, 0.25) is 0 Å². The van der Waals surface area contributed by atoms with Crippen LogP contribution in [0.2, 0.25) is 0 Å². The predicted octanol–water partition coefficient (Wildman–Crippen LogP) is 3.84. The largest absolute Gasteiger partial charge is 0.352 e. The lowest BCUT2D eigenvalue weighted by Gasteiger charge is -2.17. The molecule has 0 radical (unpaired) electrons. The number of hydrazone groups is 1. The first kappa shape index (κ1) is 16.1. The smallest absolute Gasteiger partial charge is 0.251 e. The van der Waals surface area contributed by atoms with E-state index >= 15 is 0 Å². The standard InChI is InChI=1S/C22H19N3O/c26-22-20-12-11-19(15-18(20)13-14-23-22)24-25-21(16-7-3-1-4-8-16)17-9-5-2-6-10-17/h1-12,15,24H,13-14H2,(H,23,26). The number of hydrogen-bond acceptors (Lipinski definition) is 3. The normalized spacial score (nSPS) is 12.7. The van der Waals surface area contributed by atoms with E-state index in [0.717, 1.165) is 40.1 Å². The minimum Gasteiger partial charge on any atom is -0.352 e. The quantitative estimate of drug-likeness (QED) is 0.560. The molecule has 0 bridgehead atoms. The average molecular weight is 341 g/mol. The van der Waals surface area contributed by atoms with Crippen LogP contribution in [0.4, 0.5) is 5.69 Å². The first-order chi connectivity index (χ1) is 12.8. The average Bonchev–Trinajstić information content (AvgIpc) is 2.70. The highest BCUT2D eigenvalue weighted by molar-refractivity contribution is 6.13. The van der Waals surface area contributed by atoms with E-state index in [2.05, 4.69) is 15.8 Å². The molecule has 0 aromatic heterocycles. The van der Waals surface area contributed by atoms with E-state index in [0.29, 0.717) is 6.54 Å². The van der Waals surface area contributed by atoms with Gasteiger partial charge in [-0.25, -0.2) is 0 Å². The molecule has 4 rings (SSSR count). The SMILES string of the molecule is O=C1NCCc2cc(NN=C(c3ccccc3)c3ccccc3)ccc21. The molecule has 1 aliphatic rings. The van der Waals surface area contributed by atoms with Gasteiger partial charge in [-0.15, -0.1) is 0 Å². The van der Waals surface area contributed by atoms with E-state index in [1.807, 2.05) is 78.9 Å². The molecule has 3 aromatic carbocycles. The Hall–Kier alpha value is -3.40. The molecule has 4 heteroatoms. The number of nitrogens with one attached hydrogen (secondary N) is 2. The van der Waals surface area contributed by atoms with Crippen LogP contribution in [0.25, 0.3) is 0 Å². The molecular formula is C22H19N3O. The lowest BCUT2D eigenvalue weighted by molar-refractivity contribution is 0.0946. The summed E-state index contributed by atoms with van der Waals surface area (Å²) in [4.78, 5) is 11.9. The third-order valence-corrected chi connectivity index (χ3v) is 4.42. The molecule has 0 fully saturated rings. The second kappa shape index (κ2) is 7.23. The Kier molecular flexibility index (Phi) is 4.48. The van der Waals surface area contributed by atoms with Crippen molar-refractivity contribution in [1.82, 2.24) is 5.32 Å². The zero-order chi connectivity index (χ0) is 17.8. The van der Waals surface area contributed by atoms with Crippen LogP contribution in [0.5, 0.6) is 0 Å². The van der Waals surface area contributed by atoms with Crippen LogP contribution in [0.15, 0.2) is 84.0 Å². The lowest BCUT2D eigenvalue weighted by Crippen LogP contribution is -2.31. The van der Waals surface area contributed by atoms with Crippen molar-refractivity contribution in [2.75, 3.05) is 12.0 Å². The number of fused-ring (bicyclic) bond motifs is 1. The molecule has 0 atom stereocenters. The minimum absolute atomic E-state index is 0.00411. The number of carbonyl (C=O) groups excluding carboxylic acids is 1. The Bertz CT molecular complexity index is 908. The van der Waals surface area contributed by atoms with Gasteiger partial charge in [0.25, 0.3) is 5.91 Å². The summed E-state index contributed by atoms with van der Waals surface area (Å²) in [5, 5.41) is 7.53. The predicted molar refractivity (Wildman–Crippen MR) is 105 cm³/mol. The second-order valence-corrected chi connectivity index (χ2v) is 6.18. The monoisotopic (exact) mass is 341 g/mol. The van der Waals surface area contributed by atoms with E-state index in [1.165, 1.54) is 0 Å². The van der Waals surface area contributed by atoms with Crippen molar-refractivity contribution < 1.29 is 4.79 Å². The first-order valence-corrected chi connectivity index (χ1v) is 8.67. The summed E-state index contributed by atoms with van der Waals surface area (Å²) >= 11 is 0. The summed E-state index contributed by atoms with van der Waals surface area (Å²) in [5.41, 5.74) is 8.81. The van der Waals surface area contributed by atoms with Gasteiger partial charge in [-0.3, -0.25) is 10.2 Å². The van der Waals surface area contributed by atoms with Gasteiger partial charge in [0.05, 0.1) is 11.4 Å². The number of hydrogen-bond donors (Lipinski definition) is 2. The van der Waals surface area contributed by atoms with Crippen LogP contribution in [0, 0.1) is 0 Å². The Morgan fingerprint density at radius 3 is 2.19 bits per heavy atom. The number of benzene rings is 3. The molecule has 0 unspecified atom stereocenters. The molecule has 1 amide bonds. The van der Waals surface area contributed by atoms with Crippen molar-refractivity contribution in [2.45, 2.75) is 6.42 Å². The summed E-state index contributed by atoms with van der Waals surface area (Å²) in [6, 6.07) is 25.9. The number of rotatable bonds is 4. The molecule has 1 heterocycles. The van der Waals surface area contributed by atoms with Gasteiger partial charge in [-0.05, 0) is 30.2 Å². The molecular weight excluding hydrogens is 322 g/mol. The molecule has 2 N–H and O–H groups in total. The highest BCUT2D eigenvalue weighted by Crippen LogP contribution is 2.20. The van der Waals surface area contributed by atoms with Gasteiger partial charge < -0.3 is 5.32 Å². The number of nitrogens with zero attached hydrogens (tertiary/aromatic N) is 1. The summed E-state index contributed by atoms with van der Waals surface area (Å²) in [6.45, 7) is 0.678. The molecule has 3 aromatic rings. The third-order valence-electron chi connectivity index (χ3n) is 4.42. The summed E-state index contributed by atoms with van der Waals surface area (Å²) in [7, 11) is 0. The minimum atomic E-state index is -0.00411. The van der Waals surface area contributed by atoms with Crippen molar-refractivity contribution in [3.05, 3.63) is 101 Å². The van der Waals surface area contributed by atoms with E-state index in [4.69, 9.17) is 0 Å². The fourth-order valence-electron chi connectivity index (χ4n) is 3.11. The summed E-state index contributed by atoms with van der Waals surface area (Å²) < 4.78 is 0. The number of anilines is 1. The fraction of sp³-hybridized carbons (Fsp3) is 0.0909. The van der Waals surface area contributed by atoms with Gasteiger partial charge in [0.15, 0.2) is 0 Å². The second-order valence-electron chi connectivity index (χ2n) is 6.18. The Morgan fingerprint density at radius 2 is 1.54 bits per heavy atom. The van der Waals surface area contributed by atoms with E-state index in [1.54, 1.807) is 0 Å². The van der Waals surface area contributed by atoms with Gasteiger partial charge in [-0.2, -0.15) is 5.10 Å². The topological polar surface area (TPSA) is 53.5 Å². The maximum absolute atomic E-state index is 11.9. The third kappa shape index (κ3) is 3.35. The maximum atomic E-state index is 11.9. The summed E-state index contributed by atoms with van der Waals surface area (Å²) in [5.74, 6) is -0.00411. The van der Waals surface area contributed by atoms with Gasteiger partial charge in [0, 0.05) is 23.2 Å². The number of carbonyl (C=O) groups is 1. The van der Waals surface area contributed by atoms with Gasteiger partial charge in [-0.1, -0.05) is 60.7 Å². The van der Waals surface area contributed by atoms with E-state index in [9.17, 15) is 4.79 Å². The lowest BCUT2D eigenvalue weighted by atomic mass is 10.00. The molecule has 128 valence electrons. The summed E-state index contributed by atoms with van der Waals surface area (Å²) in [6.07, 6.45) is 0.838. The van der Waals surface area contributed by atoms with Gasteiger partial charge >= 0.3 is 0 Å². The molecule has 26 heavy (non-hydrogen) atoms. The van der Waals surface area contributed by atoms with Crippen molar-refractivity contribution in [3.63, 3.8) is 0 Å². The van der Waals surface area contributed by atoms with Crippen molar-refractivity contribution >= 4 is 17.3 Å². The zero-order valence-corrected chi connectivity index (χ0v) is 14.3. The number of amides is 1. The van der Waals surface area contributed by atoms with Gasteiger partial charge in [0.1, 0.15) is 0 Å². The highest BCUT2D eigenvalue weighted by atomic mass is 16.1. The first-order valence-electron chi connectivity index (χ1n) is 8.67. The Morgan fingerprint density at radius 1 is 0.885 bits per heavy atom. The van der Waals surface area contributed by atoms with Crippen molar-refractivity contribution in [1.29, 1.82) is 0 Å². The fourth-order valence-corrected chi connectivity index (χ4v) is 3.11. The molecule has 1 aliphatic heterocycles. The van der Waals surface area contributed by atoms with Crippen LogP contribution in [-0.2, 0) is 6.42 Å². The van der Waals surface area contributed by atoms with E-state index < -0.39 is 0 Å². The maximum Gasteiger partial charge on any atom is 0.251 e. The Balaban J connectivity index is 1.67. The highest BCUT2D eigenvalue weighted by Gasteiger charge is 2.16. The van der Waals surface area contributed by atoms with Crippen molar-refractivity contribution in [3.8, 4) is 0 Å². The van der Waals surface area contributed by atoms with Crippen molar-refractivity contribution in [2.24, 2.45) is 5.10 Å².